The van der Waals surface area contributed by atoms with Gasteiger partial charge in [-0.05, 0) is 90.9 Å². The van der Waals surface area contributed by atoms with Crippen molar-refractivity contribution < 1.29 is 12.6 Å². The third kappa shape index (κ3) is 2.68. The summed E-state index contributed by atoms with van der Waals surface area (Å²) in [5.41, 5.74) is 4.06. The van der Waals surface area contributed by atoms with Crippen molar-refractivity contribution in [2.45, 2.75) is 71.1 Å². The highest BCUT2D eigenvalue weighted by atomic mass is 32.2. The van der Waals surface area contributed by atoms with Crippen molar-refractivity contribution in [2.24, 2.45) is 27.6 Å². The fourth-order valence-electron chi connectivity index (χ4n) is 6.98. The zero-order valence-corrected chi connectivity index (χ0v) is 17.1. The minimum absolute atomic E-state index is 0.451. The first-order valence-corrected chi connectivity index (χ1v) is 11.9. The standard InChI is InChI=1S/C22H29NO3S/c1-3-4-16-6-8-20-18-7-5-14-12-21-15(13-23-27(24,25)26-21)11-19(14)17(18)9-10-22(16,20)2/h11-13,16-18,20H,3-10H2,1-2H3/t16-,17-,18+,20-,22+/m0/s1. The van der Waals surface area contributed by atoms with E-state index < -0.39 is 10.3 Å². The summed E-state index contributed by atoms with van der Waals surface area (Å²) in [5, 5.41) is 0. The van der Waals surface area contributed by atoms with Gasteiger partial charge in [-0.1, -0.05) is 26.7 Å². The van der Waals surface area contributed by atoms with Crippen molar-refractivity contribution in [1.82, 2.24) is 0 Å². The predicted molar refractivity (Wildman–Crippen MR) is 107 cm³/mol. The first-order valence-electron chi connectivity index (χ1n) is 10.6. The van der Waals surface area contributed by atoms with E-state index in [1.54, 1.807) is 0 Å². The van der Waals surface area contributed by atoms with Crippen molar-refractivity contribution >= 4 is 16.5 Å². The fraction of sp³-hybridized carbons (Fsp3) is 0.682. The second kappa shape index (κ2) is 6.07. The minimum atomic E-state index is -3.81. The van der Waals surface area contributed by atoms with Crippen LogP contribution < -0.4 is 4.18 Å². The summed E-state index contributed by atoms with van der Waals surface area (Å²) in [6, 6.07) is 4.13. The SMILES string of the molecule is CCC[C@H]1CC[C@H]2[C@@H]3CCc4cc5c(cc4[C@H]3CC[C@]12C)C=NS(=O)(=O)O5. The summed E-state index contributed by atoms with van der Waals surface area (Å²) in [7, 11) is -3.81. The van der Waals surface area contributed by atoms with Gasteiger partial charge in [-0.25, -0.2) is 0 Å². The van der Waals surface area contributed by atoms with Gasteiger partial charge in [0.25, 0.3) is 0 Å². The molecule has 1 heterocycles. The molecule has 0 amide bonds. The van der Waals surface area contributed by atoms with Gasteiger partial charge >= 0.3 is 10.3 Å². The summed E-state index contributed by atoms with van der Waals surface area (Å²) < 4.78 is 32.0. The van der Waals surface area contributed by atoms with Crippen LogP contribution in [0.25, 0.3) is 0 Å². The normalized spacial score (nSPS) is 38.3. The average Bonchev–Trinajstić information content (AvgIpc) is 2.96. The van der Waals surface area contributed by atoms with Crippen LogP contribution in [0, 0.1) is 23.2 Å². The molecule has 2 saturated carbocycles. The van der Waals surface area contributed by atoms with Gasteiger partial charge in [0.15, 0.2) is 5.75 Å². The van der Waals surface area contributed by atoms with Crippen LogP contribution in [0.3, 0.4) is 0 Å². The largest absolute Gasteiger partial charge is 0.428 e. The van der Waals surface area contributed by atoms with Crippen molar-refractivity contribution in [3.63, 3.8) is 0 Å². The molecule has 4 aliphatic rings. The lowest BCUT2D eigenvalue weighted by Crippen LogP contribution is -2.42. The van der Waals surface area contributed by atoms with Crippen LogP contribution in [0.1, 0.15) is 81.4 Å². The quantitative estimate of drug-likeness (QED) is 0.716. The lowest BCUT2D eigenvalue weighted by molar-refractivity contribution is 0.0257. The smallest absolute Gasteiger partial charge is 0.365 e. The zero-order chi connectivity index (χ0) is 18.8. The number of aryl methyl sites for hydroxylation is 1. The highest BCUT2D eigenvalue weighted by Gasteiger charge is 2.54. The predicted octanol–water partition coefficient (Wildman–Crippen LogP) is 5.02. The Morgan fingerprint density at radius 1 is 1.22 bits per heavy atom. The molecule has 27 heavy (non-hydrogen) atoms. The molecule has 0 unspecified atom stereocenters. The van der Waals surface area contributed by atoms with Gasteiger partial charge in [-0.2, -0.15) is 8.42 Å². The summed E-state index contributed by atoms with van der Waals surface area (Å²) >= 11 is 0. The van der Waals surface area contributed by atoms with E-state index in [0.29, 0.717) is 17.1 Å². The number of nitrogens with zero attached hydrogens (tertiary/aromatic N) is 1. The van der Waals surface area contributed by atoms with E-state index in [1.807, 2.05) is 6.07 Å². The van der Waals surface area contributed by atoms with E-state index in [-0.39, 0.29) is 0 Å². The van der Waals surface area contributed by atoms with Gasteiger partial charge in [-0.3, -0.25) is 0 Å². The van der Waals surface area contributed by atoms with E-state index in [1.165, 1.54) is 62.3 Å². The van der Waals surface area contributed by atoms with E-state index in [9.17, 15) is 8.42 Å². The molecule has 4 nitrogen and oxygen atoms in total. The molecule has 5 atom stereocenters. The number of hydrogen-bond acceptors (Lipinski definition) is 3. The first-order chi connectivity index (χ1) is 12.9. The molecule has 0 N–H and O–H groups in total. The molecule has 0 aromatic heterocycles. The fourth-order valence-corrected chi connectivity index (χ4v) is 7.63. The molecule has 5 rings (SSSR count). The number of rotatable bonds is 2. The van der Waals surface area contributed by atoms with E-state index in [2.05, 4.69) is 24.3 Å². The van der Waals surface area contributed by atoms with Crippen molar-refractivity contribution in [2.75, 3.05) is 0 Å². The third-order valence-corrected chi connectivity index (χ3v) is 8.96. The van der Waals surface area contributed by atoms with E-state index in [4.69, 9.17) is 4.18 Å². The Morgan fingerprint density at radius 3 is 2.89 bits per heavy atom. The Bertz CT molecular complexity index is 906. The maximum Gasteiger partial charge on any atom is 0.428 e. The van der Waals surface area contributed by atoms with Crippen LogP contribution in [0.5, 0.6) is 5.75 Å². The highest BCUT2D eigenvalue weighted by Crippen LogP contribution is 2.63. The Hall–Kier alpha value is -1.36. The third-order valence-electron chi connectivity index (χ3n) is 8.20. The maximum atomic E-state index is 11.6. The summed E-state index contributed by atoms with van der Waals surface area (Å²) in [5.74, 6) is 3.60. The van der Waals surface area contributed by atoms with Gasteiger partial charge in [0, 0.05) is 5.56 Å². The van der Waals surface area contributed by atoms with E-state index in [0.717, 1.165) is 29.7 Å². The lowest BCUT2D eigenvalue weighted by Gasteiger charge is -2.51. The molecule has 1 aromatic carbocycles. The number of hydrogen-bond donors (Lipinski definition) is 0. The second-order valence-corrected chi connectivity index (χ2v) is 10.6. The molecule has 1 aliphatic heterocycles. The summed E-state index contributed by atoms with van der Waals surface area (Å²) in [6.45, 7) is 4.90. The molecular weight excluding hydrogens is 358 g/mol. The van der Waals surface area contributed by atoms with Crippen LogP contribution in [0.4, 0.5) is 0 Å². The molecule has 5 heteroatoms. The van der Waals surface area contributed by atoms with Gasteiger partial charge in [-0.15, -0.1) is 4.40 Å². The van der Waals surface area contributed by atoms with Gasteiger partial charge < -0.3 is 4.18 Å². The average molecular weight is 388 g/mol. The molecule has 1 aromatic rings. The Morgan fingerprint density at radius 2 is 2.07 bits per heavy atom. The Labute approximate surface area is 162 Å². The summed E-state index contributed by atoms with van der Waals surface area (Å²) in [6.07, 6.45) is 11.8. The molecule has 0 saturated heterocycles. The molecule has 0 radical (unpaired) electrons. The lowest BCUT2D eigenvalue weighted by atomic mass is 9.54. The van der Waals surface area contributed by atoms with Crippen LogP contribution in [-0.2, 0) is 16.7 Å². The topological polar surface area (TPSA) is 55.7 Å². The number of fused-ring (bicyclic) bond motifs is 6. The van der Waals surface area contributed by atoms with E-state index >= 15 is 0 Å². The summed E-state index contributed by atoms with van der Waals surface area (Å²) in [4.78, 5) is 0. The first kappa shape index (κ1) is 17.7. The molecule has 0 bridgehead atoms. The molecule has 3 aliphatic carbocycles. The maximum absolute atomic E-state index is 11.6. The monoisotopic (exact) mass is 387 g/mol. The van der Waals surface area contributed by atoms with Crippen LogP contribution >= 0.6 is 0 Å². The molecule has 146 valence electrons. The van der Waals surface area contributed by atoms with Crippen LogP contribution in [-0.4, -0.2) is 14.6 Å². The van der Waals surface area contributed by atoms with Gasteiger partial charge in [0.05, 0.1) is 6.21 Å². The van der Waals surface area contributed by atoms with Crippen LogP contribution in [0.2, 0.25) is 0 Å². The van der Waals surface area contributed by atoms with Crippen molar-refractivity contribution in [1.29, 1.82) is 0 Å². The van der Waals surface area contributed by atoms with Gasteiger partial charge in [0.2, 0.25) is 0 Å². The molecular formula is C22H29NO3S. The van der Waals surface area contributed by atoms with Crippen molar-refractivity contribution in [3.05, 3.63) is 28.8 Å². The minimum Gasteiger partial charge on any atom is -0.365 e. The zero-order valence-electron chi connectivity index (χ0n) is 16.3. The Balaban J connectivity index is 1.49. The number of benzene rings is 1. The van der Waals surface area contributed by atoms with Crippen molar-refractivity contribution in [3.8, 4) is 5.75 Å². The Kier molecular flexibility index (Phi) is 3.98. The van der Waals surface area contributed by atoms with Gasteiger partial charge in [0.1, 0.15) is 0 Å². The van der Waals surface area contributed by atoms with Crippen LogP contribution in [0.15, 0.2) is 16.5 Å². The molecule has 2 fully saturated rings. The second-order valence-electron chi connectivity index (χ2n) is 9.36. The highest BCUT2D eigenvalue weighted by molar-refractivity contribution is 7.86. The molecule has 0 spiro atoms.